The van der Waals surface area contributed by atoms with E-state index in [1.807, 2.05) is 20.2 Å². The number of nitrogens with zero attached hydrogens (tertiary/aromatic N) is 4. The summed E-state index contributed by atoms with van der Waals surface area (Å²) >= 11 is 0. The molecule has 0 aliphatic heterocycles. The Hall–Kier alpha value is -3.63. The predicted molar refractivity (Wildman–Crippen MR) is 140 cm³/mol. The molecule has 0 spiro atoms. The average Bonchev–Trinajstić information content (AvgIpc) is 3.23. The van der Waals surface area contributed by atoms with Crippen LogP contribution < -0.4 is 5.43 Å². The average molecular weight is 558 g/mol. The Kier molecular flexibility index (Phi) is 6.30. The lowest BCUT2D eigenvalue weighted by Gasteiger charge is -2.35. The van der Waals surface area contributed by atoms with E-state index >= 15 is 0 Å². The largest absolute Gasteiger partial charge is 0.391 e. The number of alkyl halides is 5. The Bertz CT molecular complexity index is 1640. The summed E-state index contributed by atoms with van der Waals surface area (Å²) in [5.41, 5.74) is 3.78. The van der Waals surface area contributed by atoms with Gasteiger partial charge in [0.25, 0.3) is 0 Å². The minimum atomic E-state index is -4.24. The molecule has 210 valence electrons. The molecule has 6 rings (SSSR count). The van der Waals surface area contributed by atoms with Crippen LogP contribution in [0.25, 0.3) is 33.7 Å². The van der Waals surface area contributed by atoms with Crippen LogP contribution in [0, 0.1) is 12.8 Å². The molecular weight excluding hydrogens is 529 g/mol. The van der Waals surface area contributed by atoms with E-state index in [1.165, 1.54) is 6.07 Å². The van der Waals surface area contributed by atoms with Crippen LogP contribution in [-0.4, -0.2) is 36.6 Å². The van der Waals surface area contributed by atoms with Gasteiger partial charge in [-0.1, -0.05) is 0 Å². The zero-order valence-electron chi connectivity index (χ0n) is 22.0. The van der Waals surface area contributed by atoms with Crippen LogP contribution in [0.4, 0.5) is 22.0 Å². The zero-order chi connectivity index (χ0) is 28.4. The van der Waals surface area contributed by atoms with Crippen LogP contribution in [0.15, 0.2) is 41.6 Å². The standard InChI is InChI=1S/C29H28F5N5O/c1-15-14-39(2)27(37-15)26-25-21(7-8-35-26)38-23(10-24(25)40)20-13-36-22(17-11-28(30,31)12-17)9-19(20)16-3-5-18(6-4-16)29(32,33)34/h7-10,13-14,16-18H,3-6,11-12H2,1-2H3,(H,38,40). The van der Waals surface area contributed by atoms with Gasteiger partial charge in [0.15, 0.2) is 11.3 Å². The number of hydrogen-bond donors (Lipinski definition) is 1. The molecule has 2 aliphatic carbocycles. The second kappa shape index (κ2) is 9.49. The van der Waals surface area contributed by atoms with Gasteiger partial charge < -0.3 is 9.55 Å². The van der Waals surface area contributed by atoms with Crippen LogP contribution in [0.3, 0.4) is 0 Å². The molecule has 1 N–H and O–H groups in total. The molecule has 0 amide bonds. The number of nitrogens with one attached hydrogen (secondary N) is 1. The first kappa shape index (κ1) is 26.6. The van der Waals surface area contributed by atoms with Gasteiger partial charge >= 0.3 is 6.18 Å². The second-order valence-electron chi connectivity index (χ2n) is 11.2. The van der Waals surface area contributed by atoms with E-state index in [-0.39, 0.29) is 37.0 Å². The summed E-state index contributed by atoms with van der Waals surface area (Å²) in [5, 5.41) is 0.369. The quantitative estimate of drug-likeness (QED) is 0.273. The Morgan fingerprint density at radius 1 is 1.05 bits per heavy atom. The van der Waals surface area contributed by atoms with E-state index in [0.29, 0.717) is 52.2 Å². The van der Waals surface area contributed by atoms with Crippen LogP contribution >= 0.6 is 0 Å². The van der Waals surface area contributed by atoms with Gasteiger partial charge in [-0.2, -0.15) is 13.2 Å². The first-order valence-electron chi connectivity index (χ1n) is 13.4. The number of aromatic nitrogens is 5. The third kappa shape index (κ3) is 4.79. The van der Waals surface area contributed by atoms with Crippen LogP contribution in [0.2, 0.25) is 0 Å². The molecule has 4 heterocycles. The summed E-state index contributed by atoms with van der Waals surface area (Å²) in [6, 6.07) is 4.90. The zero-order valence-corrected chi connectivity index (χ0v) is 22.0. The number of fused-ring (bicyclic) bond motifs is 1. The second-order valence-corrected chi connectivity index (χ2v) is 11.2. The fraction of sp³-hybridized carbons (Fsp3) is 0.448. The van der Waals surface area contributed by atoms with Gasteiger partial charge in [-0.25, -0.2) is 13.8 Å². The monoisotopic (exact) mass is 557 g/mol. The molecule has 4 aromatic rings. The Morgan fingerprint density at radius 2 is 1.77 bits per heavy atom. The van der Waals surface area contributed by atoms with Gasteiger partial charge in [0.1, 0.15) is 5.69 Å². The van der Waals surface area contributed by atoms with Gasteiger partial charge in [-0.15, -0.1) is 0 Å². The van der Waals surface area contributed by atoms with Crippen molar-refractivity contribution in [2.75, 3.05) is 0 Å². The number of imidazole rings is 1. The lowest BCUT2D eigenvalue weighted by Crippen LogP contribution is -2.34. The van der Waals surface area contributed by atoms with Gasteiger partial charge in [0, 0.05) is 61.7 Å². The SMILES string of the molecule is Cc1cn(C)c(-c2nccc3[nH]c(-c4cnc(C5CC(F)(F)C5)cc4C4CCC(C(F)(F)F)CC4)cc(=O)c23)n1. The first-order chi connectivity index (χ1) is 18.9. The molecule has 4 aromatic heterocycles. The molecule has 0 bridgehead atoms. The predicted octanol–water partition coefficient (Wildman–Crippen LogP) is 7.04. The van der Waals surface area contributed by atoms with Crippen LogP contribution in [0.5, 0.6) is 0 Å². The van der Waals surface area contributed by atoms with Gasteiger partial charge in [-0.05, 0) is 56.2 Å². The van der Waals surface area contributed by atoms with Crippen molar-refractivity contribution in [1.29, 1.82) is 0 Å². The molecule has 40 heavy (non-hydrogen) atoms. The molecule has 2 saturated carbocycles. The summed E-state index contributed by atoms with van der Waals surface area (Å²) < 4.78 is 69.1. The van der Waals surface area contributed by atoms with E-state index in [0.717, 1.165) is 11.3 Å². The fourth-order valence-corrected chi connectivity index (χ4v) is 6.23. The lowest BCUT2D eigenvalue weighted by atomic mass is 9.75. The van der Waals surface area contributed by atoms with Crippen molar-refractivity contribution >= 4 is 10.9 Å². The van der Waals surface area contributed by atoms with Crippen molar-refractivity contribution in [3.63, 3.8) is 0 Å². The molecule has 0 radical (unpaired) electrons. The number of pyridine rings is 3. The minimum Gasteiger partial charge on any atom is -0.354 e. The normalized spacial score (nSPS) is 21.5. The molecule has 0 saturated heterocycles. The summed E-state index contributed by atoms with van der Waals surface area (Å²) in [4.78, 5) is 30.2. The van der Waals surface area contributed by atoms with Crippen LogP contribution in [0.1, 0.15) is 67.3 Å². The van der Waals surface area contributed by atoms with E-state index < -0.39 is 23.9 Å². The summed E-state index contributed by atoms with van der Waals surface area (Å²) in [6.45, 7) is 1.85. The van der Waals surface area contributed by atoms with Crippen molar-refractivity contribution in [3.8, 4) is 22.8 Å². The molecular formula is C29H28F5N5O. The number of halogens is 5. The van der Waals surface area contributed by atoms with Crippen molar-refractivity contribution in [2.45, 2.75) is 69.4 Å². The number of hydrogen-bond acceptors (Lipinski definition) is 4. The third-order valence-corrected chi connectivity index (χ3v) is 8.34. The Balaban J connectivity index is 1.43. The first-order valence-corrected chi connectivity index (χ1v) is 13.4. The van der Waals surface area contributed by atoms with Crippen molar-refractivity contribution in [2.24, 2.45) is 13.0 Å². The van der Waals surface area contributed by atoms with Crippen molar-refractivity contribution in [3.05, 3.63) is 64.0 Å². The molecule has 0 aromatic carbocycles. The number of H-pyrrole nitrogens is 1. The van der Waals surface area contributed by atoms with E-state index in [1.54, 1.807) is 29.1 Å². The highest BCUT2D eigenvalue weighted by Crippen LogP contribution is 2.50. The third-order valence-electron chi connectivity index (χ3n) is 8.34. The fourth-order valence-electron chi connectivity index (χ4n) is 6.23. The Labute approximate surface area is 226 Å². The van der Waals surface area contributed by atoms with Crippen molar-refractivity contribution in [1.82, 2.24) is 24.5 Å². The highest BCUT2D eigenvalue weighted by Gasteiger charge is 2.47. The summed E-state index contributed by atoms with van der Waals surface area (Å²) in [5.74, 6) is -4.14. The van der Waals surface area contributed by atoms with E-state index in [4.69, 9.17) is 0 Å². The topological polar surface area (TPSA) is 76.5 Å². The van der Waals surface area contributed by atoms with Gasteiger partial charge in [-0.3, -0.25) is 14.8 Å². The van der Waals surface area contributed by atoms with Gasteiger partial charge in [0.2, 0.25) is 5.92 Å². The van der Waals surface area contributed by atoms with Crippen LogP contribution in [-0.2, 0) is 7.05 Å². The molecule has 2 aliphatic rings. The van der Waals surface area contributed by atoms with Gasteiger partial charge in [0.05, 0.1) is 28.2 Å². The highest BCUT2D eigenvalue weighted by atomic mass is 19.4. The number of aryl methyl sites for hydroxylation is 2. The molecule has 2 fully saturated rings. The van der Waals surface area contributed by atoms with Crippen molar-refractivity contribution < 1.29 is 22.0 Å². The molecule has 6 nitrogen and oxygen atoms in total. The lowest BCUT2D eigenvalue weighted by molar-refractivity contribution is -0.182. The minimum absolute atomic E-state index is 0.000879. The number of aromatic amines is 1. The summed E-state index contributed by atoms with van der Waals surface area (Å²) in [6.07, 6.45) is 0.774. The highest BCUT2D eigenvalue weighted by molar-refractivity contribution is 5.92. The van der Waals surface area contributed by atoms with E-state index in [2.05, 4.69) is 19.9 Å². The Morgan fingerprint density at radius 3 is 2.40 bits per heavy atom. The van der Waals surface area contributed by atoms with E-state index in [9.17, 15) is 26.7 Å². The number of rotatable bonds is 4. The molecule has 11 heteroatoms. The maximum atomic E-state index is 13.6. The molecule has 0 atom stereocenters. The smallest absolute Gasteiger partial charge is 0.354 e. The maximum absolute atomic E-state index is 13.6. The maximum Gasteiger partial charge on any atom is 0.391 e. The molecule has 0 unspecified atom stereocenters. The summed E-state index contributed by atoms with van der Waals surface area (Å²) in [7, 11) is 1.82.